The summed E-state index contributed by atoms with van der Waals surface area (Å²) in [6.45, 7) is 2.92. The number of fused-ring (bicyclic) bond motifs is 1. The van der Waals surface area contributed by atoms with E-state index in [0.29, 0.717) is 12.0 Å². The highest BCUT2D eigenvalue weighted by atomic mass is 32.1. The van der Waals surface area contributed by atoms with Crippen LogP contribution in [0.5, 0.6) is 0 Å². The van der Waals surface area contributed by atoms with Crippen molar-refractivity contribution >= 4 is 23.3 Å². The second kappa shape index (κ2) is 4.78. The molecule has 1 atom stereocenters. The van der Waals surface area contributed by atoms with E-state index in [2.05, 4.69) is 23.3 Å². The minimum atomic E-state index is -0.448. The summed E-state index contributed by atoms with van der Waals surface area (Å²) in [5.74, 6) is -0.448. The predicted molar refractivity (Wildman–Crippen MR) is 75.6 cm³/mol. The Morgan fingerprint density at radius 1 is 1.42 bits per heavy atom. The summed E-state index contributed by atoms with van der Waals surface area (Å²) in [4.78, 5) is 14.6. The van der Waals surface area contributed by atoms with Crippen molar-refractivity contribution in [3.05, 3.63) is 51.5 Å². The standard InChI is InChI=1S/C15H14FNOS/c1-10-11-6-8-19-15(11)5-7-17(10)14-4-2-3-13(16)12(14)9-18/h2-4,6,8-10H,5,7H2,1H3. The summed E-state index contributed by atoms with van der Waals surface area (Å²) in [5.41, 5.74) is 2.14. The Morgan fingerprint density at radius 3 is 3.05 bits per heavy atom. The van der Waals surface area contributed by atoms with Gasteiger partial charge in [0.05, 0.1) is 17.3 Å². The Hall–Kier alpha value is -1.68. The van der Waals surface area contributed by atoms with Crippen LogP contribution in [-0.2, 0) is 6.42 Å². The Morgan fingerprint density at radius 2 is 2.26 bits per heavy atom. The number of aldehydes is 1. The molecule has 0 spiro atoms. The fraction of sp³-hybridized carbons (Fsp3) is 0.267. The number of thiophene rings is 1. The molecule has 0 bridgehead atoms. The van der Waals surface area contributed by atoms with Gasteiger partial charge in [-0.25, -0.2) is 4.39 Å². The van der Waals surface area contributed by atoms with Gasteiger partial charge in [0, 0.05) is 11.4 Å². The van der Waals surface area contributed by atoms with Gasteiger partial charge in [-0.1, -0.05) is 6.07 Å². The third kappa shape index (κ3) is 1.96. The Balaban J connectivity index is 2.05. The minimum Gasteiger partial charge on any atom is -0.364 e. The van der Waals surface area contributed by atoms with Crippen molar-refractivity contribution in [2.45, 2.75) is 19.4 Å². The summed E-state index contributed by atoms with van der Waals surface area (Å²) >= 11 is 1.77. The van der Waals surface area contributed by atoms with Crippen LogP contribution < -0.4 is 4.90 Å². The van der Waals surface area contributed by atoms with Gasteiger partial charge in [-0.05, 0) is 42.5 Å². The lowest BCUT2D eigenvalue weighted by molar-refractivity contribution is 0.112. The van der Waals surface area contributed by atoms with Gasteiger partial charge in [-0.2, -0.15) is 0 Å². The van der Waals surface area contributed by atoms with Gasteiger partial charge in [-0.15, -0.1) is 11.3 Å². The molecule has 3 rings (SSSR count). The molecule has 0 saturated heterocycles. The molecule has 0 N–H and O–H groups in total. The van der Waals surface area contributed by atoms with Gasteiger partial charge in [0.25, 0.3) is 0 Å². The zero-order chi connectivity index (χ0) is 13.4. The number of nitrogens with zero attached hydrogens (tertiary/aromatic N) is 1. The largest absolute Gasteiger partial charge is 0.364 e. The van der Waals surface area contributed by atoms with Crippen molar-refractivity contribution in [1.29, 1.82) is 0 Å². The normalized spacial score (nSPS) is 18.2. The molecule has 0 aliphatic carbocycles. The number of hydrogen-bond acceptors (Lipinski definition) is 3. The average molecular weight is 275 g/mol. The molecule has 1 unspecified atom stereocenters. The van der Waals surface area contributed by atoms with Gasteiger partial charge in [0.15, 0.2) is 6.29 Å². The third-order valence-electron chi connectivity index (χ3n) is 3.73. The van der Waals surface area contributed by atoms with E-state index in [-0.39, 0.29) is 11.6 Å². The molecule has 0 amide bonds. The Kier molecular flexibility index (Phi) is 3.11. The molecular weight excluding hydrogens is 261 g/mol. The van der Waals surface area contributed by atoms with E-state index in [9.17, 15) is 9.18 Å². The maximum absolute atomic E-state index is 13.7. The second-order valence-corrected chi connectivity index (χ2v) is 5.71. The Bertz CT molecular complexity index is 622. The molecule has 19 heavy (non-hydrogen) atoms. The zero-order valence-electron chi connectivity index (χ0n) is 10.6. The molecule has 1 aliphatic rings. The van der Waals surface area contributed by atoms with Crippen LogP contribution in [0.25, 0.3) is 0 Å². The zero-order valence-corrected chi connectivity index (χ0v) is 11.4. The van der Waals surface area contributed by atoms with Crippen molar-refractivity contribution < 1.29 is 9.18 Å². The molecule has 2 heterocycles. The van der Waals surface area contributed by atoms with Crippen LogP contribution in [0.15, 0.2) is 29.6 Å². The molecule has 2 aromatic rings. The van der Waals surface area contributed by atoms with E-state index in [4.69, 9.17) is 0 Å². The SMILES string of the molecule is CC1c2ccsc2CCN1c1cccc(F)c1C=O. The van der Waals surface area contributed by atoms with Crippen LogP contribution in [0.4, 0.5) is 10.1 Å². The molecule has 1 aromatic carbocycles. The topological polar surface area (TPSA) is 20.3 Å². The number of carbonyl (C=O) groups is 1. The number of hydrogen-bond donors (Lipinski definition) is 0. The fourth-order valence-electron chi connectivity index (χ4n) is 2.73. The van der Waals surface area contributed by atoms with Gasteiger partial charge < -0.3 is 4.90 Å². The summed E-state index contributed by atoms with van der Waals surface area (Å²) in [5, 5.41) is 2.09. The highest BCUT2D eigenvalue weighted by Gasteiger charge is 2.26. The summed E-state index contributed by atoms with van der Waals surface area (Å²) in [6, 6.07) is 7.11. The molecule has 0 saturated carbocycles. The molecule has 2 nitrogen and oxygen atoms in total. The van der Waals surface area contributed by atoms with Crippen LogP contribution in [0.3, 0.4) is 0 Å². The van der Waals surface area contributed by atoms with E-state index in [0.717, 1.165) is 13.0 Å². The van der Waals surface area contributed by atoms with E-state index in [1.807, 2.05) is 6.07 Å². The first-order valence-electron chi connectivity index (χ1n) is 6.29. The summed E-state index contributed by atoms with van der Waals surface area (Å²) in [7, 11) is 0. The highest BCUT2D eigenvalue weighted by Crippen LogP contribution is 2.37. The van der Waals surface area contributed by atoms with Crippen LogP contribution >= 0.6 is 11.3 Å². The second-order valence-electron chi connectivity index (χ2n) is 4.71. The number of rotatable bonds is 2. The molecule has 1 aliphatic heterocycles. The van der Waals surface area contributed by atoms with E-state index >= 15 is 0 Å². The van der Waals surface area contributed by atoms with Gasteiger partial charge in [-0.3, -0.25) is 4.79 Å². The number of carbonyl (C=O) groups excluding carboxylic acids is 1. The third-order valence-corrected chi connectivity index (χ3v) is 4.73. The van der Waals surface area contributed by atoms with Crippen LogP contribution in [-0.4, -0.2) is 12.8 Å². The van der Waals surface area contributed by atoms with E-state index < -0.39 is 5.82 Å². The monoisotopic (exact) mass is 275 g/mol. The number of benzene rings is 1. The van der Waals surface area contributed by atoms with E-state index in [1.54, 1.807) is 17.4 Å². The molecule has 4 heteroatoms. The first-order chi connectivity index (χ1) is 9.22. The predicted octanol–water partition coefficient (Wildman–Crippen LogP) is 3.82. The first kappa shape index (κ1) is 12.4. The number of anilines is 1. The lowest BCUT2D eigenvalue weighted by Gasteiger charge is -2.36. The fourth-order valence-corrected chi connectivity index (χ4v) is 3.69. The van der Waals surface area contributed by atoms with E-state index in [1.165, 1.54) is 16.5 Å². The Labute approximate surface area is 115 Å². The summed E-state index contributed by atoms with van der Waals surface area (Å²) < 4.78 is 13.7. The smallest absolute Gasteiger partial charge is 0.155 e. The van der Waals surface area contributed by atoms with Crippen molar-refractivity contribution in [2.75, 3.05) is 11.4 Å². The maximum Gasteiger partial charge on any atom is 0.155 e. The number of halogens is 1. The molecule has 0 fully saturated rings. The first-order valence-corrected chi connectivity index (χ1v) is 7.17. The van der Waals surface area contributed by atoms with Crippen LogP contribution in [0, 0.1) is 5.82 Å². The molecule has 0 radical (unpaired) electrons. The van der Waals surface area contributed by atoms with Crippen molar-refractivity contribution in [1.82, 2.24) is 0 Å². The molecular formula is C15H14FNOS. The van der Waals surface area contributed by atoms with Crippen molar-refractivity contribution in [3.63, 3.8) is 0 Å². The van der Waals surface area contributed by atoms with Crippen LogP contribution in [0.2, 0.25) is 0 Å². The van der Waals surface area contributed by atoms with Crippen molar-refractivity contribution in [3.8, 4) is 0 Å². The molecule has 98 valence electrons. The van der Waals surface area contributed by atoms with Crippen LogP contribution in [0.1, 0.15) is 33.8 Å². The lowest BCUT2D eigenvalue weighted by atomic mass is 9.99. The molecule has 1 aromatic heterocycles. The average Bonchev–Trinajstić information content (AvgIpc) is 2.88. The minimum absolute atomic E-state index is 0.160. The van der Waals surface area contributed by atoms with Crippen molar-refractivity contribution in [2.24, 2.45) is 0 Å². The summed E-state index contributed by atoms with van der Waals surface area (Å²) in [6.07, 6.45) is 1.56. The maximum atomic E-state index is 13.7. The van der Waals surface area contributed by atoms with Gasteiger partial charge >= 0.3 is 0 Å². The highest BCUT2D eigenvalue weighted by molar-refractivity contribution is 7.10. The quantitative estimate of drug-likeness (QED) is 0.776. The van der Waals surface area contributed by atoms with Gasteiger partial charge in [0.1, 0.15) is 5.82 Å². The lowest BCUT2D eigenvalue weighted by Crippen LogP contribution is -2.33. The van der Waals surface area contributed by atoms with Gasteiger partial charge in [0.2, 0.25) is 0 Å².